The van der Waals surface area contributed by atoms with Crippen molar-refractivity contribution < 1.29 is 14.3 Å². The van der Waals surface area contributed by atoms with E-state index in [9.17, 15) is 9.18 Å². The molecular weight excluding hydrogens is 265 g/mol. The molecule has 0 aromatic heterocycles. The lowest BCUT2D eigenvalue weighted by molar-refractivity contribution is -0.137. The molecule has 0 fully saturated rings. The largest absolute Gasteiger partial charge is 0.480 e. The van der Waals surface area contributed by atoms with Gasteiger partial charge in [0.1, 0.15) is 11.9 Å². The van der Waals surface area contributed by atoms with Gasteiger partial charge in [-0.25, -0.2) is 9.18 Å². The Morgan fingerprint density at radius 2 is 2.33 bits per heavy atom. The van der Waals surface area contributed by atoms with Crippen molar-refractivity contribution in [1.82, 2.24) is 0 Å². The summed E-state index contributed by atoms with van der Waals surface area (Å²) in [7, 11) is 0. The number of aliphatic carboxylic acids is 1. The van der Waals surface area contributed by atoms with Gasteiger partial charge in [-0.2, -0.15) is 0 Å². The monoisotopic (exact) mass is 275 g/mol. The quantitative estimate of drug-likeness (QED) is 0.889. The predicted octanol–water partition coefficient (Wildman–Crippen LogP) is 2.86. The van der Waals surface area contributed by atoms with Crippen molar-refractivity contribution in [3.8, 4) is 0 Å². The SMILES string of the molecule is CCC(Nc1c(F)cccc1Br)C(=O)O. The minimum absolute atomic E-state index is 0.187. The highest BCUT2D eigenvalue weighted by atomic mass is 79.9. The zero-order valence-corrected chi connectivity index (χ0v) is 9.71. The predicted molar refractivity (Wildman–Crippen MR) is 59.4 cm³/mol. The van der Waals surface area contributed by atoms with Crippen LogP contribution in [0.5, 0.6) is 0 Å². The number of carbonyl (C=O) groups is 1. The molecule has 0 heterocycles. The third kappa shape index (κ3) is 2.92. The summed E-state index contributed by atoms with van der Waals surface area (Å²) in [6.45, 7) is 1.72. The van der Waals surface area contributed by atoms with Crippen molar-refractivity contribution in [2.45, 2.75) is 19.4 Å². The van der Waals surface area contributed by atoms with Gasteiger partial charge in [0.25, 0.3) is 0 Å². The maximum absolute atomic E-state index is 13.3. The van der Waals surface area contributed by atoms with Crippen LogP contribution >= 0.6 is 15.9 Å². The maximum Gasteiger partial charge on any atom is 0.326 e. The van der Waals surface area contributed by atoms with Crippen LogP contribution in [0.15, 0.2) is 22.7 Å². The Morgan fingerprint density at radius 3 is 2.80 bits per heavy atom. The third-order valence-electron chi connectivity index (χ3n) is 1.99. The van der Waals surface area contributed by atoms with Crippen molar-refractivity contribution in [1.29, 1.82) is 0 Å². The van der Waals surface area contributed by atoms with Crippen LogP contribution in [0.4, 0.5) is 10.1 Å². The molecule has 1 atom stereocenters. The molecule has 0 saturated carbocycles. The summed E-state index contributed by atoms with van der Waals surface area (Å²) in [6.07, 6.45) is 0.385. The fourth-order valence-corrected chi connectivity index (χ4v) is 1.60. The highest BCUT2D eigenvalue weighted by Crippen LogP contribution is 2.26. The molecule has 0 amide bonds. The van der Waals surface area contributed by atoms with E-state index in [2.05, 4.69) is 21.2 Å². The van der Waals surface area contributed by atoms with Gasteiger partial charge in [0.15, 0.2) is 0 Å². The standard InChI is InChI=1S/C10H11BrFNO2/c1-2-8(10(14)15)13-9-6(11)4-3-5-7(9)12/h3-5,8,13H,2H2,1H3,(H,14,15). The molecular formula is C10H11BrFNO2. The molecule has 0 radical (unpaired) electrons. The molecule has 5 heteroatoms. The molecule has 1 rings (SSSR count). The average Bonchev–Trinajstić information content (AvgIpc) is 2.17. The van der Waals surface area contributed by atoms with E-state index in [1.807, 2.05) is 0 Å². The fourth-order valence-electron chi connectivity index (χ4n) is 1.15. The molecule has 0 saturated heterocycles. The summed E-state index contributed by atoms with van der Waals surface area (Å²) >= 11 is 3.16. The van der Waals surface area contributed by atoms with Crippen molar-refractivity contribution >= 4 is 27.6 Å². The maximum atomic E-state index is 13.3. The molecule has 0 spiro atoms. The van der Waals surface area contributed by atoms with Crippen molar-refractivity contribution in [2.75, 3.05) is 5.32 Å². The molecule has 0 aliphatic rings. The zero-order valence-electron chi connectivity index (χ0n) is 8.13. The van der Waals surface area contributed by atoms with Crippen LogP contribution in [0.1, 0.15) is 13.3 Å². The zero-order chi connectivity index (χ0) is 11.4. The van der Waals surface area contributed by atoms with Crippen molar-refractivity contribution in [3.05, 3.63) is 28.5 Å². The summed E-state index contributed by atoms with van der Waals surface area (Å²) in [4.78, 5) is 10.8. The van der Waals surface area contributed by atoms with E-state index in [4.69, 9.17) is 5.11 Å². The number of rotatable bonds is 4. The molecule has 82 valence electrons. The number of hydrogen-bond donors (Lipinski definition) is 2. The van der Waals surface area contributed by atoms with Crippen LogP contribution < -0.4 is 5.32 Å². The Morgan fingerprint density at radius 1 is 1.67 bits per heavy atom. The number of carboxylic acid groups (broad SMARTS) is 1. The summed E-state index contributed by atoms with van der Waals surface area (Å²) in [5.74, 6) is -1.46. The van der Waals surface area contributed by atoms with Gasteiger partial charge < -0.3 is 10.4 Å². The summed E-state index contributed by atoms with van der Waals surface area (Å²) in [6, 6.07) is 3.70. The lowest BCUT2D eigenvalue weighted by Gasteiger charge is -2.15. The van der Waals surface area contributed by atoms with E-state index in [0.717, 1.165) is 0 Å². The first-order chi connectivity index (χ1) is 7.06. The minimum atomic E-state index is -0.993. The van der Waals surface area contributed by atoms with Gasteiger partial charge in [-0.1, -0.05) is 13.0 Å². The molecule has 1 aromatic carbocycles. The number of carboxylic acids is 1. The van der Waals surface area contributed by atoms with Gasteiger partial charge in [-0.3, -0.25) is 0 Å². The lowest BCUT2D eigenvalue weighted by Crippen LogP contribution is -2.28. The first-order valence-corrected chi connectivity index (χ1v) is 5.29. The summed E-state index contributed by atoms with van der Waals surface area (Å²) in [5, 5.41) is 11.5. The topological polar surface area (TPSA) is 49.3 Å². The Hall–Kier alpha value is -1.10. The number of nitrogens with one attached hydrogen (secondary N) is 1. The van der Waals surface area contributed by atoms with Gasteiger partial charge in [-0.15, -0.1) is 0 Å². The first kappa shape index (κ1) is 12.0. The molecule has 1 aromatic rings. The van der Waals surface area contributed by atoms with Gasteiger partial charge >= 0.3 is 5.97 Å². The number of halogens is 2. The molecule has 0 bridgehead atoms. The van der Waals surface area contributed by atoms with Gasteiger partial charge in [0.05, 0.1) is 5.69 Å². The fraction of sp³-hybridized carbons (Fsp3) is 0.300. The Labute approximate surface area is 95.4 Å². The van der Waals surface area contributed by atoms with Crippen LogP contribution in [0.3, 0.4) is 0 Å². The van der Waals surface area contributed by atoms with E-state index >= 15 is 0 Å². The Balaban J connectivity index is 2.92. The number of hydrogen-bond acceptors (Lipinski definition) is 2. The normalized spacial score (nSPS) is 12.2. The molecule has 15 heavy (non-hydrogen) atoms. The second-order valence-electron chi connectivity index (χ2n) is 3.04. The van der Waals surface area contributed by atoms with Crippen LogP contribution in [0, 0.1) is 5.82 Å². The number of anilines is 1. The van der Waals surface area contributed by atoms with Crippen LogP contribution in [-0.2, 0) is 4.79 Å². The van der Waals surface area contributed by atoms with Gasteiger partial charge in [0, 0.05) is 4.47 Å². The van der Waals surface area contributed by atoms with E-state index in [-0.39, 0.29) is 5.69 Å². The van der Waals surface area contributed by atoms with E-state index in [1.165, 1.54) is 6.07 Å². The average molecular weight is 276 g/mol. The second-order valence-corrected chi connectivity index (χ2v) is 3.89. The number of benzene rings is 1. The van der Waals surface area contributed by atoms with E-state index in [1.54, 1.807) is 19.1 Å². The summed E-state index contributed by atoms with van der Waals surface area (Å²) < 4.78 is 13.8. The Bertz CT molecular complexity index is 350. The minimum Gasteiger partial charge on any atom is -0.480 e. The molecule has 2 N–H and O–H groups in total. The van der Waals surface area contributed by atoms with Crippen LogP contribution in [0.25, 0.3) is 0 Å². The third-order valence-corrected chi connectivity index (χ3v) is 2.65. The van der Waals surface area contributed by atoms with Crippen molar-refractivity contribution in [2.24, 2.45) is 0 Å². The van der Waals surface area contributed by atoms with Gasteiger partial charge in [0.2, 0.25) is 0 Å². The van der Waals surface area contributed by atoms with E-state index in [0.29, 0.717) is 10.9 Å². The molecule has 0 aliphatic carbocycles. The highest BCUT2D eigenvalue weighted by Gasteiger charge is 2.17. The highest BCUT2D eigenvalue weighted by molar-refractivity contribution is 9.10. The first-order valence-electron chi connectivity index (χ1n) is 4.49. The van der Waals surface area contributed by atoms with Crippen LogP contribution in [-0.4, -0.2) is 17.1 Å². The van der Waals surface area contributed by atoms with Crippen LogP contribution in [0.2, 0.25) is 0 Å². The molecule has 1 unspecified atom stereocenters. The van der Waals surface area contributed by atoms with Gasteiger partial charge in [-0.05, 0) is 34.5 Å². The Kier molecular flexibility index (Phi) is 4.08. The van der Waals surface area contributed by atoms with E-state index < -0.39 is 17.8 Å². The summed E-state index contributed by atoms with van der Waals surface area (Å²) in [5.41, 5.74) is 0.187. The number of para-hydroxylation sites is 1. The second kappa shape index (κ2) is 5.11. The smallest absolute Gasteiger partial charge is 0.326 e. The van der Waals surface area contributed by atoms with Crippen molar-refractivity contribution in [3.63, 3.8) is 0 Å². The lowest BCUT2D eigenvalue weighted by atomic mass is 10.2. The molecule has 3 nitrogen and oxygen atoms in total. The molecule has 0 aliphatic heterocycles.